The number of para-hydroxylation sites is 1. The first-order valence-corrected chi connectivity index (χ1v) is 11.5. The van der Waals surface area contributed by atoms with Crippen LogP contribution in [0.3, 0.4) is 0 Å². The van der Waals surface area contributed by atoms with E-state index < -0.39 is 47.0 Å². The fourth-order valence-corrected chi connectivity index (χ4v) is 6.01. The number of nitrogens with one attached hydrogen (secondary N) is 1. The molecule has 32 heavy (non-hydrogen) atoms. The number of halogens is 1. The Balaban J connectivity index is 1.78. The monoisotopic (exact) mass is 464 g/mol. The van der Waals surface area contributed by atoms with Crippen LogP contribution in [0, 0.1) is 11.8 Å². The van der Waals surface area contributed by atoms with Crippen molar-refractivity contribution < 1.29 is 29.0 Å². The largest absolute Gasteiger partial charge is 0.466 e. The normalized spacial score (nSPS) is 33.8. The number of likely N-dealkylation sites (tertiary alicyclic amines) is 1. The lowest BCUT2D eigenvalue weighted by Crippen LogP contribution is -2.56. The molecule has 4 rings (SSSR count). The molecule has 9 heteroatoms. The first-order chi connectivity index (χ1) is 15.2. The van der Waals surface area contributed by atoms with Gasteiger partial charge in [0, 0.05) is 0 Å². The van der Waals surface area contributed by atoms with Crippen LogP contribution in [-0.2, 0) is 23.9 Å². The average molecular weight is 465 g/mol. The molecule has 3 saturated heterocycles. The second-order valence-corrected chi connectivity index (χ2v) is 9.35. The number of carbonyl (C=O) groups is 3. The number of aliphatic hydroxyl groups excluding tert-OH is 1. The number of hydrogen-bond acceptors (Lipinski definition) is 6. The second kappa shape index (κ2) is 8.32. The fraction of sp³-hybridized carbons (Fsp3) is 0.609. The molecule has 2 N–H and O–H groups in total. The van der Waals surface area contributed by atoms with Crippen LogP contribution in [0.15, 0.2) is 24.3 Å². The van der Waals surface area contributed by atoms with Gasteiger partial charge in [0.2, 0.25) is 11.8 Å². The number of aliphatic hydroxyl groups is 1. The van der Waals surface area contributed by atoms with E-state index >= 15 is 0 Å². The summed E-state index contributed by atoms with van der Waals surface area (Å²) in [5.74, 6) is -2.94. The predicted octanol–water partition coefficient (Wildman–Crippen LogP) is 2.38. The van der Waals surface area contributed by atoms with E-state index in [1.54, 1.807) is 31.2 Å². The molecule has 0 aromatic heterocycles. The topological polar surface area (TPSA) is 105 Å². The summed E-state index contributed by atoms with van der Waals surface area (Å²) in [7, 11) is 0. The van der Waals surface area contributed by atoms with Gasteiger partial charge in [-0.25, -0.2) is 0 Å². The van der Waals surface area contributed by atoms with E-state index in [0.29, 0.717) is 30.0 Å². The summed E-state index contributed by atoms with van der Waals surface area (Å²) in [5, 5.41) is 13.2. The van der Waals surface area contributed by atoms with Crippen molar-refractivity contribution in [1.29, 1.82) is 0 Å². The van der Waals surface area contributed by atoms with E-state index in [2.05, 4.69) is 5.32 Å². The fourth-order valence-electron chi connectivity index (χ4n) is 5.82. The molecule has 3 aliphatic rings. The summed E-state index contributed by atoms with van der Waals surface area (Å²) < 4.78 is 11.7. The second-order valence-electron chi connectivity index (χ2n) is 8.94. The molecule has 3 fully saturated rings. The molecule has 3 aliphatic heterocycles. The van der Waals surface area contributed by atoms with Crippen LogP contribution in [0.4, 0.5) is 5.69 Å². The number of nitrogens with zero attached hydrogens (tertiary/aromatic N) is 1. The van der Waals surface area contributed by atoms with E-state index in [9.17, 15) is 19.5 Å². The Morgan fingerprint density at radius 1 is 1.34 bits per heavy atom. The molecule has 1 aromatic carbocycles. The maximum Gasteiger partial charge on any atom is 0.312 e. The van der Waals surface area contributed by atoms with Gasteiger partial charge in [-0.2, -0.15) is 0 Å². The number of amides is 2. The number of ether oxygens (including phenoxy) is 2. The van der Waals surface area contributed by atoms with Crippen molar-refractivity contribution in [3.05, 3.63) is 29.3 Å². The first-order valence-electron chi connectivity index (χ1n) is 11.1. The van der Waals surface area contributed by atoms with Crippen molar-refractivity contribution in [2.45, 2.75) is 63.3 Å². The third kappa shape index (κ3) is 3.23. The minimum atomic E-state index is -1.17. The lowest BCUT2D eigenvalue weighted by molar-refractivity contribution is -0.160. The van der Waals surface area contributed by atoms with E-state index in [0.717, 1.165) is 0 Å². The number of carbonyl (C=O) groups excluding carboxylic acids is 3. The maximum absolute atomic E-state index is 13.7. The lowest BCUT2D eigenvalue weighted by Gasteiger charge is -2.36. The number of hydrogen-bond donors (Lipinski definition) is 2. The molecule has 8 nitrogen and oxygen atoms in total. The van der Waals surface area contributed by atoms with Gasteiger partial charge < -0.3 is 24.8 Å². The van der Waals surface area contributed by atoms with Gasteiger partial charge in [-0.15, -0.1) is 0 Å². The number of rotatable bonds is 7. The average Bonchev–Trinajstić information content (AvgIpc) is 3.32. The van der Waals surface area contributed by atoms with Gasteiger partial charge in [0.1, 0.15) is 17.6 Å². The Hall–Kier alpha value is -2.16. The third-order valence-electron chi connectivity index (χ3n) is 7.21. The van der Waals surface area contributed by atoms with Crippen molar-refractivity contribution in [2.24, 2.45) is 11.8 Å². The van der Waals surface area contributed by atoms with Crippen molar-refractivity contribution >= 4 is 35.1 Å². The zero-order chi connectivity index (χ0) is 23.3. The minimum absolute atomic E-state index is 0.188. The van der Waals surface area contributed by atoms with Gasteiger partial charge >= 0.3 is 5.97 Å². The Kier molecular flexibility index (Phi) is 5.98. The molecule has 0 saturated carbocycles. The third-order valence-corrected chi connectivity index (χ3v) is 7.54. The molecule has 0 aliphatic carbocycles. The van der Waals surface area contributed by atoms with Crippen LogP contribution in [0.2, 0.25) is 5.02 Å². The van der Waals surface area contributed by atoms with Crippen LogP contribution >= 0.6 is 11.6 Å². The van der Waals surface area contributed by atoms with Crippen molar-refractivity contribution in [2.75, 3.05) is 18.5 Å². The van der Waals surface area contributed by atoms with Crippen LogP contribution in [0.5, 0.6) is 0 Å². The number of benzene rings is 1. The molecule has 1 aromatic rings. The molecule has 6 atom stereocenters. The first kappa shape index (κ1) is 23.0. The Labute approximate surface area is 192 Å². The molecule has 2 unspecified atom stereocenters. The summed E-state index contributed by atoms with van der Waals surface area (Å²) in [6.07, 6.45) is 1.43. The molecule has 174 valence electrons. The highest BCUT2D eigenvalue weighted by Crippen LogP contribution is 2.63. The molecule has 2 bridgehead atoms. The van der Waals surface area contributed by atoms with Crippen LogP contribution in [-0.4, -0.2) is 64.3 Å². The zero-order valence-corrected chi connectivity index (χ0v) is 19.2. The van der Waals surface area contributed by atoms with Crippen LogP contribution in [0.25, 0.3) is 0 Å². The highest BCUT2D eigenvalue weighted by atomic mass is 35.5. The Morgan fingerprint density at radius 3 is 2.69 bits per heavy atom. The molecule has 0 radical (unpaired) electrons. The molecule has 2 amide bonds. The predicted molar refractivity (Wildman–Crippen MR) is 117 cm³/mol. The summed E-state index contributed by atoms with van der Waals surface area (Å²) in [6.45, 7) is 5.25. The van der Waals surface area contributed by atoms with Crippen LogP contribution in [0.1, 0.15) is 40.0 Å². The summed E-state index contributed by atoms with van der Waals surface area (Å²) >= 11 is 6.24. The van der Waals surface area contributed by atoms with Gasteiger partial charge in [0.05, 0.1) is 41.5 Å². The summed E-state index contributed by atoms with van der Waals surface area (Å²) in [5.41, 5.74) is -1.64. The van der Waals surface area contributed by atoms with Gasteiger partial charge in [0.15, 0.2) is 0 Å². The van der Waals surface area contributed by atoms with Gasteiger partial charge in [-0.3, -0.25) is 14.4 Å². The number of fused-ring (bicyclic) bond motifs is 1. The van der Waals surface area contributed by atoms with Gasteiger partial charge in [-0.05, 0) is 45.2 Å². The molecule has 3 heterocycles. The number of esters is 1. The summed E-state index contributed by atoms with van der Waals surface area (Å²) in [6, 6.07) is 5.25. The van der Waals surface area contributed by atoms with Gasteiger partial charge in [0.25, 0.3) is 0 Å². The SMILES string of the molecule is CCOC(=O)[C@@H]1[C@H]2C(=O)N([C@@H](CC)CO)C(C(=O)Nc3ccccc3Cl)C23CC[C@@]1(C)O3. The minimum Gasteiger partial charge on any atom is -0.466 e. The van der Waals surface area contributed by atoms with E-state index in [1.807, 2.05) is 13.8 Å². The highest BCUT2D eigenvalue weighted by molar-refractivity contribution is 6.33. The highest BCUT2D eigenvalue weighted by Gasteiger charge is 2.78. The van der Waals surface area contributed by atoms with Gasteiger partial charge in [-0.1, -0.05) is 30.7 Å². The van der Waals surface area contributed by atoms with Crippen LogP contribution < -0.4 is 5.32 Å². The lowest BCUT2D eigenvalue weighted by atomic mass is 9.66. The van der Waals surface area contributed by atoms with E-state index in [4.69, 9.17) is 21.1 Å². The maximum atomic E-state index is 13.7. The quantitative estimate of drug-likeness (QED) is 0.600. The Bertz CT molecular complexity index is 937. The zero-order valence-electron chi connectivity index (χ0n) is 18.5. The molecular formula is C23H29ClN2O6. The smallest absolute Gasteiger partial charge is 0.312 e. The van der Waals surface area contributed by atoms with E-state index in [1.165, 1.54) is 4.90 Å². The van der Waals surface area contributed by atoms with Crippen molar-refractivity contribution in [1.82, 2.24) is 4.90 Å². The van der Waals surface area contributed by atoms with E-state index in [-0.39, 0.29) is 19.1 Å². The number of anilines is 1. The molecule has 1 spiro atoms. The molecular weight excluding hydrogens is 436 g/mol. The Morgan fingerprint density at radius 2 is 2.06 bits per heavy atom. The van der Waals surface area contributed by atoms with Crippen molar-refractivity contribution in [3.8, 4) is 0 Å². The standard InChI is InChI=1S/C23H29ClN2O6/c1-4-13(12-27)26-18(19(28)25-15-9-7-6-8-14(15)24)23-11-10-22(3,32-23)17(16(23)20(26)29)21(30)31-5-2/h6-9,13,16-18,27H,4-5,10-12H2,1-3H3,(H,25,28)/t13-,16-,17-,18?,22+,23?/m0/s1. The van der Waals surface area contributed by atoms with Crippen molar-refractivity contribution in [3.63, 3.8) is 0 Å². The summed E-state index contributed by atoms with van der Waals surface area (Å²) in [4.78, 5) is 41.7.